The summed E-state index contributed by atoms with van der Waals surface area (Å²) in [6.45, 7) is 10.4. The number of hydrogen-bond acceptors (Lipinski definition) is 2. The van der Waals surface area contributed by atoms with Crippen LogP contribution in [0, 0.1) is 52.3 Å². The van der Waals surface area contributed by atoms with Gasteiger partial charge in [-0.25, -0.2) is 0 Å². The molecule has 4 aliphatic carbocycles. The Morgan fingerprint density at radius 1 is 0.862 bits per heavy atom. The third-order valence-electron chi connectivity index (χ3n) is 11.1. The second-order valence-corrected chi connectivity index (χ2v) is 12.5. The topological polar surface area (TPSA) is 40.5 Å². The highest BCUT2D eigenvalue weighted by Gasteiger charge is 2.60. The lowest BCUT2D eigenvalue weighted by molar-refractivity contribution is -0.129. The van der Waals surface area contributed by atoms with Crippen LogP contribution in [0.5, 0.6) is 0 Å². The normalized spacial score (nSPS) is 49.0. The van der Waals surface area contributed by atoms with E-state index in [1.807, 2.05) is 0 Å². The molecule has 2 nitrogen and oxygen atoms in total. The SMILES string of the molecule is C[C@@H](CO)CCC[C@@H](C)[C@H]1CC[C@H]2[C@H]3CC[C@@H]4C[C@@H](O)CC[C@@]4(C)[C@H]3CC[C@]12C. The monoisotopic (exact) mass is 404 g/mol. The summed E-state index contributed by atoms with van der Waals surface area (Å²) in [5.41, 5.74) is 1.08. The maximum absolute atomic E-state index is 10.3. The lowest BCUT2D eigenvalue weighted by Crippen LogP contribution is -2.54. The molecule has 0 radical (unpaired) electrons. The number of aliphatic hydroxyl groups excluding tert-OH is 2. The molecule has 0 spiro atoms. The summed E-state index contributed by atoms with van der Waals surface area (Å²) in [5.74, 6) is 5.83. The summed E-state index contributed by atoms with van der Waals surface area (Å²) < 4.78 is 0. The van der Waals surface area contributed by atoms with Crippen LogP contribution in [0.25, 0.3) is 0 Å². The van der Waals surface area contributed by atoms with Gasteiger partial charge in [0, 0.05) is 6.61 Å². The van der Waals surface area contributed by atoms with Gasteiger partial charge >= 0.3 is 0 Å². The van der Waals surface area contributed by atoms with Crippen LogP contribution in [0.4, 0.5) is 0 Å². The fourth-order valence-electron chi connectivity index (χ4n) is 9.29. The predicted octanol–water partition coefficient (Wildman–Crippen LogP) is 6.44. The van der Waals surface area contributed by atoms with Gasteiger partial charge in [0.25, 0.3) is 0 Å². The Labute approximate surface area is 180 Å². The maximum Gasteiger partial charge on any atom is 0.0543 e. The average molecular weight is 405 g/mol. The Hall–Kier alpha value is -0.0800. The molecule has 0 aliphatic heterocycles. The van der Waals surface area contributed by atoms with E-state index in [4.69, 9.17) is 0 Å². The van der Waals surface area contributed by atoms with Crippen molar-refractivity contribution in [2.45, 2.75) is 111 Å². The molecule has 0 aromatic carbocycles. The quantitative estimate of drug-likeness (QED) is 0.534. The first-order chi connectivity index (χ1) is 13.8. The molecule has 29 heavy (non-hydrogen) atoms. The third kappa shape index (κ3) is 3.84. The van der Waals surface area contributed by atoms with Crippen LogP contribution in [0.2, 0.25) is 0 Å². The maximum atomic E-state index is 10.3. The van der Waals surface area contributed by atoms with Crippen molar-refractivity contribution in [3.05, 3.63) is 0 Å². The highest BCUT2D eigenvalue weighted by Crippen LogP contribution is 2.68. The minimum absolute atomic E-state index is 0.0243. The molecule has 0 bridgehead atoms. The molecule has 168 valence electrons. The number of hydrogen-bond donors (Lipinski definition) is 2. The van der Waals surface area contributed by atoms with Crippen LogP contribution >= 0.6 is 0 Å². The second-order valence-electron chi connectivity index (χ2n) is 12.5. The van der Waals surface area contributed by atoms with E-state index in [2.05, 4.69) is 27.7 Å². The van der Waals surface area contributed by atoms with Gasteiger partial charge in [-0.3, -0.25) is 0 Å². The van der Waals surface area contributed by atoms with Gasteiger partial charge in [0.15, 0.2) is 0 Å². The second kappa shape index (κ2) is 8.45. The van der Waals surface area contributed by atoms with Gasteiger partial charge in [0.1, 0.15) is 0 Å². The molecule has 4 aliphatic rings. The van der Waals surface area contributed by atoms with Gasteiger partial charge in [-0.05, 0) is 116 Å². The summed E-state index contributed by atoms with van der Waals surface area (Å²) in [7, 11) is 0. The van der Waals surface area contributed by atoms with Crippen molar-refractivity contribution in [2.75, 3.05) is 6.61 Å². The molecule has 2 N–H and O–H groups in total. The lowest BCUT2D eigenvalue weighted by atomic mass is 9.44. The molecule has 4 saturated carbocycles. The minimum Gasteiger partial charge on any atom is -0.396 e. The Bertz CT molecular complexity index is 561. The van der Waals surface area contributed by atoms with Crippen molar-refractivity contribution in [3.8, 4) is 0 Å². The number of fused-ring (bicyclic) bond motifs is 5. The Morgan fingerprint density at radius 3 is 2.34 bits per heavy atom. The summed E-state index contributed by atoms with van der Waals surface area (Å²) in [4.78, 5) is 0. The highest BCUT2D eigenvalue weighted by molar-refractivity contribution is 5.09. The van der Waals surface area contributed by atoms with Gasteiger partial charge in [0.05, 0.1) is 6.10 Å². The van der Waals surface area contributed by atoms with E-state index in [-0.39, 0.29) is 6.10 Å². The van der Waals surface area contributed by atoms with Gasteiger partial charge in [-0.1, -0.05) is 40.5 Å². The Balaban J connectivity index is 1.43. The van der Waals surface area contributed by atoms with Gasteiger partial charge < -0.3 is 10.2 Å². The van der Waals surface area contributed by atoms with Gasteiger partial charge in [-0.15, -0.1) is 0 Å². The molecular formula is C27H48O2. The molecule has 0 aromatic heterocycles. The van der Waals surface area contributed by atoms with Crippen LogP contribution in [-0.4, -0.2) is 22.9 Å². The smallest absolute Gasteiger partial charge is 0.0543 e. The fourth-order valence-corrected chi connectivity index (χ4v) is 9.29. The summed E-state index contributed by atoms with van der Waals surface area (Å²) in [6.07, 6.45) is 15.8. The molecule has 4 rings (SSSR count). The molecule has 0 saturated heterocycles. The van der Waals surface area contributed by atoms with Gasteiger partial charge in [-0.2, -0.15) is 0 Å². The zero-order valence-corrected chi connectivity index (χ0v) is 19.7. The van der Waals surface area contributed by atoms with E-state index in [1.165, 1.54) is 64.2 Å². The van der Waals surface area contributed by atoms with E-state index in [1.54, 1.807) is 0 Å². The minimum atomic E-state index is -0.0243. The van der Waals surface area contributed by atoms with Crippen LogP contribution in [0.15, 0.2) is 0 Å². The van der Waals surface area contributed by atoms with E-state index < -0.39 is 0 Å². The van der Waals surface area contributed by atoms with E-state index in [0.29, 0.717) is 23.4 Å². The zero-order valence-electron chi connectivity index (χ0n) is 19.7. The van der Waals surface area contributed by atoms with E-state index in [0.717, 1.165) is 48.3 Å². The van der Waals surface area contributed by atoms with Crippen LogP contribution in [-0.2, 0) is 0 Å². The van der Waals surface area contributed by atoms with E-state index in [9.17, 15) is 10.2 Å². The summed E-state index contributed by atoms with van der Waals surface area (Å²) in [5, 5.41) is 19.6. The van der Waals surface area contributed by atoms with E-state index >= 15 is 0 Å². The lowest BCUT2D eigenvalue weighted by Gasteiger charge is -2.61. The largest absolute Gasteiger partial charge is 0.396 e. The predicted molar refractivity (Wildman–Crippen MR) is 120 cm³/mol. The van der Waals surface area contributed by atoms with Crippen LogP contribution < -0.4 is 0 Å². The number of rotatable bonds is 6. The van der Waals surface area contributed by atoms with Crippen molar-refractivity contribution < 1.29 is 10.2 Å². The van der Waals surface area contributed by atoms with Crippen LogP contribution in [0.3, 0.4) is 0 Å². The van der Waals surface area contributed by atoms with Crippen molar-refractivity contribution in [1.29, 1.82) is 0 Å². The molecule has 10 atom stereocenters. The average Bonchev–Trinajstić information content (AvgIpc) is 3.05. The summed E-state index contributed by atoms with van der Waals surface area (Å²) in [6, 6.07) is 0. The standard InChI is InChI=1S/C27H48O2/c1-18(17-28)6-5-7-19(2)23-10-11-24-22-9-8-20-16-21(29)12-14-26(20,3)25(22)13-15-27(23,24)4/h18-25,28-29H,5-17H2,1-4H3/t18-,19-,20-,21+,22-,23-,24+,25+,26-,27-/m1/s1. The molecule has 0 unspecified atom stereocenters. The van der Waals surface area contributed by atoms with Crippen LogP contribution in [0.1, 0.15) is 105 Å². The van der Waals surface area contributed by atoms with Crippen molar-refractivity contribution in [1.82, 2.24) is 0 Å². The zero-order chi connectivity index (χ0) is 20.8. The van der Waals surface area contributed by atoms with Crippen molar-refractivity contribution in [2.24, 2.45) is 52.3 Å². The molecule has 2 heteroatoms. The highest BCUT2D eigenvalue weighted by atomic mass is 16.3. The first-order valence-corrected chi connectivity index (χ1v) is 13.1. The van der Waals surface area contributed by atoms with Gasteiger partial charge in [0.2, 0.25) is 0 Å². The molecular weight excluding hydrogens is 356 g/mol. The van der Waals surface area contributed by atoms with Crippen molar-refractivity contribution in [3.63, 3.8) is 0 Å². The fraction of sp³-hybridized carbons (Fsp3) is 1.00. The van der Waals surface area contributed by atoms with Crippen molar-refractivity contribution >= 4 is 0 Å². The first kappa shape index (κ1) is 22.1. The molecule has 0 heterocycles. The molecule has 0 aromatic rings. The first-order valence-electron chi connectivity index (χ1n) is 13.1. The molecule has 0 amide bonds. The Kier molecular flexibility index (Phi) is 6.45. The third-order valence-corrected chi connectivity index (χ3v) is 11.1. The number of aliphatic hydroxyl groups is 2. The molecule has 4 fully saturated rings. The Morgan fingerprint density at radius 2 is 1.59 bits per heavy atom. The summed E-state index contributed by atoms with van der Waals surface area (Å²) >= 11 is 0.